The number of anilines is 2. The molecule has 1 fully saturated rings. The van der Waals surface area contributed by atoms with Gasteiger partial charge in [-0.2, -0.15) is 17.9 Å². The van der Waals surface area contributed by atoms with E-state index in [1.807, 2.05) is 0 Å². The summed E-state index contributed by atoms with van der Waals surface area (Å²) in [6.07, 6.45) is 0.408. The largest absolute Gasteiger partial charge is 0.757 e. The number of amides is 2. The monoisotopic (exact) mass is 629 g/mol. The van der Waals surface area contributed by atoms with E-state index in [1.54, 1.807) is 38.1 Å². The van der Waals surface area contributed by atoms with Gasteiger partial charge in [-0.15, -0.1) is 0 Å². The van der Waals surface area contributed by atoms with Gasteiger partial charge in [-0.25, -0.2) is 15.0 Å². The second-order valence-corrected chi connectivity index (χ2v) is 11.0. The maximum atomic E-state index is 13.4. The fourth-order valence-electron chi connectivity index (χ4n) is 5.38. The number of alkyl halides is 3. The predicted octanol–water partition coefficient (Wildman–Crippen LogP) is 2.19. The van der Waals surface area contributed by atoms with Crippen molar-refractivity contribution in [1.82, 2.24) is 35.1 Å². The molecule has 2 atom stereocenters. The fraction of sp³-hybridized carbons (Fsp3) is 0.429. The van der Waals surface area contributed by atoms with Crippen molar-refractivity contribution in [3.8, 4) is 11.3 Å². The molecule has 2 aromatic rings. The van der Waals surface area contributed by atoms with Crippen LogP contribution in [0, 0.1) is 10.4 Å². The van der Waals surface area contributed by atoms with Crippen LogP contribution in [0.1, 0.15) is 26.7 Å². The van der Waals surface area contributed by atoms with E-state index in [0.29, 0.717) is 34.2 Å². The lowest BCUT2D eigenvalue weighted by molar-refractivity contribution is -0.414. The summed E-state index contributed by atoms with van der Waals surface area (Å²) in [5, 5.41) is 30.3. The van der Waals surface area contributed by atoms with Crippen molar-refractivity contribution >= 4 is 29.3 Å². The topological polar surface area (TPSA) is 159 Å². The molecule has 14 nitrogen and oxygen atoms in total. The SMILES string of the molecule is CC1=CC(CN(C)C(=O)C2=C(N(C)[O-])NCN2[C@@H](C)C(=O)Nc2cccc(-c3cnc(N4CCC[C@H]4C(F)(F)F)nc3)n2)=[N+]1[O-]. The van der Waals surface area contributed by atoms with Crippen LogP contribution in [0.15, 0.2) is 53.9 Å². The van der Waals surface area contributed by atoms with Crippen LogP contribution in [-0.4, -0.2) is 104 Å². The summed E-state index contributed by atoms with van der Waals surface area (Å²) in [7, 11) is 2.72. The van der Waals surface area contributed by atoms with E-state index in [9.17, 15) is 33.2 Å². The number of aromatic nitrogens is 3. The fourth-order valence-corrected chi connectivity index (χ4v) is 5.38. The molecule has 2 aromatic heterocycles. The average molecular weight is 630 g/mol. The number of likely N-dealkylation sites (N-methyl/N-ethyl adjacent to an activating group) is 1. The van der Waals surface area contributed by atoms with Gasteiger partial charge in [0, 0.05) is 38.5 Å². The van der Waals surface area contributed by atoms with Crippen LogP contribution in [0.25, 0.3) is 11.3 Å². The predicted molar refractivity (Wildman–Crippen MR) is 158 cm³/mol. The van der Waals surface area contributed by atoms with Crippen LogP contribution in [0.4, 0.5) is 24.9 Å². The zero-order valence-corrected chi connectivity index (χ0v) is 25.0. The minimum absolute atomic E-state index is 0.00194. The summed E-state index contributed by atoms with van der Waals surface area (Å²) >= 11 is 0. The Labute approximate surface area is 256 Å². The van der Waals surface area contributed by atoms with Crippen molar-refractivity contribution in [2.75, 3.05) is 44.1 Å². The van der Waals surface area contributed by atoms with Crippen LogP contribution in [0.5, 0.6) is 0 Å². The summed E-state index contributed by atoms with van der Waals surface area (Å²) in [4.78, 5) is 43.4. The Morgan fingerprint density at radius 3 is 2.58 bits per heavy atom. The number of pyridine rings is 1. The smallest absolute Gasteiger partial charge is 0.408 e. The number of nitrogens with zero attached hydrogens (tertiary/aromatic N) is 8. The number of halogens is 3. The molecule has 0 unspecified atom stereocenters. The number of nitrogens with one attached hydrogen (secondary N) is 2. The Balaban J connectivity index is 1.28. The molecule has 0 spiro atoms. The minimum Gasteiger partial charge on any atom is -0.757 e. The Morgan fingerprint density at radius 2 is 1.96 bits per heavy atom. The zero-order chi connectivity index (χ0) is 32.6. The van der Waals surface area contributed by atoms with Gasteiger partial charge in [-0.1, -0.05) is 6.07 Å². The molecule has 5 heterocycles. The Bertz CT molecular complexity index is 1570. The molecule has 0 saturated carbocycles. The first-order valence-corrected chi connectivity index (χ1v) is 14.1. The lowest BCUT2D eigenvalue weighted by Gasteiger charge is -2.31. The molecule has 3 aliphatic heterocycles. The molecule has 0 radical (unpaired) electrons. The first-order chi connectivity index (χ1) is 21.3. The van der Waals surface area contributed by atoms with Crippen LogP contribution in [0.3, 0.4) is 0 Å². The number of hydrogen-bond acceptors (Lipinski definition) is 11. The Morgan fingerprint density at radius 1 is 1.24 bits per heavy atom. The van der Waals surface area contributed by atoms with E-state index in [4.69, 9.17) is 0 Å². The average Bonchev–Trinajstić information content (AvgIpc) is 3.69. The highest BCUT2D eigenvalue weighted by molar-refractivity contribution is 6.02. The zero-order valence-electron chi connectivity index (χ0n) is 25.0. The van der Waals surface area contributed by atoms with Crippen molar-refractivity contribution in [2.45, 2.75) is 44.9 Å². The third kappa shape index (κ3) is 6.33. The highest BCUT2D eigenvalue weighted by atomic mass is 19.4. The number of carbonyl (C=O) groups is 2. The highest BCUT2D eigenvalue weighted by Crippen LogP contribution is 2.34. The summed E-state index contributed by atoms with van der Waals surface area (Å²) in [6, 6.07) is 2.26. The summed E-state index contributed by atoms with van der Waals surface area (Å²) in [6.45, 7) is 3.42. The third-order valence-electron chi connectivity index (χ3n) is 7.82. The van der Waals surface area contributed by atoms with Gasteiger partial charge in [0.1, 0.15) is 36.0 Å². The lowest BCUT2D eigenvalue weighted by Crippen LogP contribution is -2.46. The van der Waals surface area contributed by atoms with E-state index >= 15 is 0 Å². The maximum Gasteiger partial charge on any atom is 0.408 e. The molecule has 17 heteroatoms. The standard InChI is InChI=1S/C28H32F3N10O4/c1-16-11-19(41(16)45)14-37(3)26(43)23-24(38(4)44)34-15-40(23)17(2)25(42)36-22-9-5-7-20(35-22)18-12-32-27(33-13-18)39-10-6-8-21(39)28(29,30)31/h5,7,9,11-13,17,21,34H,6,8,10,14-15H2,1-4H3,(H,35,36,42)/q-1/t17-,21-/m0/s1. The summed E-state index contributed by atoms with van der Waals surface area (Å²) in [5.74, 6) is -0.955. The molecule has 1 saturated heterocycles. The summed E-state index contributed by atoms with van der Waals surface area (Å²) < 4.78 is 40.9. The van der Waals surface area contributed by atoms with Crippen LogP contribution in [0.2, 0.25) is 0 Å². The van der Waals surface area contributed by atoms with Crippen LogP contribution in [-0.2, 0) is 9.59 Å². The van der Waals surface area contributed by atoms with E-state index in [2.05, 4.69) is 25.6 Å². The van der Waals surface area contributed by atoms with Gasteiger partial charge in [0.15, 0.2) is 5.70 Å². The first-order valence-electron chi connectivity index (χ1n) is 14.1. The molecular weight excluding hydrogens is 597 g/mol. The first kappa shape index (κ1) is 31.5. The lowest BCUT2D eigenvalue weighted by atomic mass is 10.2. The molecule has 0 bridgehead atoms. The second kappa shape index (κ2) is 12.2. The van der Waals surface area contributed by atoms with Gasteiger partial charge >= 0.3 is 6.18 Å². The minimum atomic E-state index is -4.38. The molecule has 0 aliphatic carbocycles. The van der Waals surface area contributed by atoms with E-state index in [0.717, 1.165) is 9.64 Å². The highest BCUT2D eigenvalue weighted by Gasteiger charge is 2.47. The van der Waals surface area contributed by atoms with Gasteiger partial charge < -0.3 is 40.8 Å². The van der Waals surface area contributed by atoms with Crippen LogP contribution < -0.4 is 15.5 Å². The van der Waals surface area contributed by atoms with E-state index < -0.39 is 30.1 Å². The Hall–Kier alpha value is -4.93. The molecule has 3 aliphatic rings. The van der Waals surface area contributed by atoms with E-state index in [1.165, 1.54) is 36.3 Å². The molecule has 0 aromatic carbocycles. The number of rotatable bonds is 9. The van der Waals surface area contributed by atoms with Gasteiger partial charge in [-0.3, -0.25) is 9.59 Å². The molecule has 2 amide bonds. The third-order valence-corrected chi connectivity index (χ3v) is 7.82. The molecule has 5 rings (SSSR count). The van der Waals surface area contributed by atoms with Crippen molar-refractivity contribution in [3.05, 3.63) is 64.3 Å². The molecular formula is C28H32F3N10O4-. The van der Waals surface area contributed by atoms with Gasteiger partial charge in [-0.05, 0) is 38.9 Å². The van der Waals surface area contributed by atoms with Gasteiger partial charge in [0.25, 0.3) is 5.91 Å². The number of hydroxylamine groups is 3. The molecule has 45 heavy (non-hydrogen) atoms. The van der Waals surface area contributed by atoms with Crippen molar-refractivity contribution in [1.29, 1.82) is 0 Å². The number of hydrogen-bond donors (Lipinski definition) is 2. The van der Waals surface area contributed by atoms with Crippen LogP contribution >= 0.6 is 0 Å². The summed E-state index contributed by atoms with van der Waals surface area (Å²) in [5.41, 5.74) is 1.68. The van der Waals surface area contributed by atoms with Crippen molar-refractivity contribution in [3.63, 3.8) is 0 Å². The normalized spacial score (nSPS) is 18.8. The van der Waals surface area contributed by atoms with Gasteiger partial charge in [0.2, 0.25) is 17.6 Å². The van der Waals surface area contributed by atoms with Crippen molar-refractivity contribution in [2.24, 2.45) is 0 Å². The Kier molecular flexibility index (Phi) is 8.55. The number of allylic oxidation sites excluding steroid dienone is 1. The quantitative estimate of drug-likeness (QED) is 0.238. The second-order valence-electron chi connectivity index (χ2n) is 11.0. The molecule has 240 valence electrons. The molecule has 2 N–H and O–H groups in total. The number of carbonyl (C=O) groups excluding carboxylic acids is 2. The maximum absolute atomic E-state index is 13.4. The van der Waals surface area contributed by atoms with E-state index in [-0.39, 0.29) is 49.5 Å². The van der Waals surface area contributed by atoms with Gasteiger partial charge in [0.05, 0.1) is 18.4 Å². The van der Waals surface area contributed by atoms with Crippen molar-refractivity contribution < 1.29 is 27.5 Å².